The van der Waals surface area contributed by atoms with Crippen molar-refractivity contribution >= 4 is 5.97 Å². The average Bonchev–Trinajstić information content (AvgIpc) is 2.61. The number of unbranched alkanes of at least 4 members (excludes halogenated alkanes) is 8. The molecule has 0 aromatic rings. The Morgan fingerprint density at radius 1 is 0.720 bits per heavy atom. The summed E-state index contributed by atoms with van der Waals surface area (Å²) in [4.78, 5) is 11.4. The fourth-order valence-electron chi connectivity index (χ4n) is 2.66. The van der Waals surface area contributed by atoms with E-state index in [1.54, 1.807) is 0 Å². The van der Waals surface area contributed by atoms with Crippen LogP contribution in [0, 0.1) is 0 Å². The van der Waals surface area contributed by atoms with Gasteiger partial charge in [0, 0.05) is 13.0 Å². The standard InChI is InChI=1S/C19H38O6/c20-14-10-6-5-8-12-17(22)11-7-3-1-2-4-9-13-19(24)25-16-18(23)15-21/h17-18,20-23H,1-16H2/t17?,18-/m1/s1. The van der Waals surface area contributed by atoms with Crippen LogP contribution in [0.2, 0.25) is 0 Å². The molecule has 0 amide bonds. The maximum Gasteiger partial charge on any atom is 0.305 e. The van der Waals surface area contributed by atoms with Gasteiger partial charge in [0.15, 0.2) is 0 Å². The van der Waals surface area contributed by atoms with Crippen LogP contribution in [0.4, 0.5) is 0 Å². The fraction of sp³-hybridized carbons (Fsp3) is 0.947. The van der Waals surface area contributed by atoms with Crippen molar-refractivity contribution in [2.24, 2.45) is 0 Å². The number of aliphatic hydroxyl groups is 4. The highest BCUT2D eigenvalue weighted by atomic mass is 16.5. The number of aliphatic hydroxyl groups excluding tert-OH is 4. The molecule has 0 aromatic heterocycles. The molecule has 0 rings (SSSR count). The van der Waals surface area contributed by atoms with Gasteiger partial charge in [-0.05, 0) is 25.7 Å². The maximum absolute atomic E-state index is 11.4. The zero-order valence-electron chi connectivity index (χ0n) is 15.6. The molecule has 0 radical (unpaired) electrons. The second-order valence-corrected chi connectivity index (χ2v) is 6.76. The first-order valence-electron chi connectivity index (χ1n) is 9.83. The van der Waals surface area contributed by atoms with Crippen molar-refractivity contribution in [2.75, 3.05) is 19.8 Å². The molecular formula is C19H38O6. The summed E-state index contributed by atoms with van der Waals surface area (Å²) in [6, 6.07) is 0. The molecular weight excluding hydrogens is 324 g/mol. The highest BCUT2D eigenvalue weighted by Gasteiger charge is 2.07. The summed E-state index contributed by atoms with van der Waals surface area (Å²) in [6.07, 6.45) is 11.0. The molecule has 6 heteroatoms. The minimum absolute atomic E-state index is 0.140. The topological polar surface area (TPSA) is 107 Å². The van der Waals surface area contributed by atoms with Crippen LogP contribution in [0.3, 0.4) is 0 Å². The van der Waals surface area contributed by atoms with Gasteiger partial charge in [-0.25, -0.2) is 0 Å². The van der Waals surface area contributed by atoms with E-state index in [1.165, 1.54) is 0 Å². The molecule has 0 fully saturated rings. The van der Waals surface area contributed by atoms with Crippen molar-refractivity contribution < 1.29 is 30.0 Å². The van der Waals surface area contributed by atoms with Gasteiger partial charge in [-0.15, -0.1) is 0 Å². The third-order valence-corrected chi connectivity index (χ3v) is 4.26. The van der Waals surface area contributed by atoms with Crippen LogP contribution < -0.4 is 0 Å². The largest absolute Gasteiger partial charge is 0.463 e. The van der Waals surface area contributed by atoms with E-state index in [4.69, 9.17) is 20.1 Å². The normalized spacial score (nSPS) is 13.6. The molecule has 6 nitrogen and oxygen atoms in total. The van der Waals surface area contributed by atoms with Gasteiger partial charge in [0.2, 0.25) is 0 Å². The summed E-state index contributed by atoms with van der Waals surface area (Å²) >= 11 is 0. The SMILES string of the molecule is O=C(CCCCCCCCC(O)CCCCCCO)OC[C@H](O)CO. The van der Waals surface area contributed by atoms with Gasteiger partial charge in [0.1, 0.15) is 12.7 Å². The van der Waals surface area contributed by atoms with E-state index in [9.17, 15) is 9.90 Å². The van der Waals surface area contributed by atoms with Crippen molar-refractivity contribution in [3.8, 4) is 0 Å². The third kappa shape index (κ3) is 17.9. The van der Waals surface area contributed by atoms with Gasteiger partial charge >= 0.3 is 5.97 Å². The van der Waals surface area contributed by atoms with E-state index in [2.05, 4.69) is 0 Å². The molecule has 25 heavy (non-hydrogen) atoms. The van der Waals surface area contributed by atoms with E-state index < -0.39 is 12.7 Å². The van der Waals surface area contributed by atoms with E-state index in [0.717, 1.165) is 77.0 Å². The van der Waals surface area contributed by atoms with Crippen LogP contribution in [0.5, 0.6) is 0 Å². The van der Waals surface area contributed by atoms with Crippen molar-refractivity contribution in [1.82, 2.24) is 0 Å². The number of carbonyl (C=O) groups is 1. The number of esters is 1. The van der Waals surface area contributed by atoms with Crippen LogP contribution in [-0.4, -0.2) is 58.4 Å². The van der Waals surface area contributed by atoms with Crippen LogP contribution >= 0.6 is 0 Å². The summed E-state index contributed by atoms with van der Waals surface area (Å²) in [5.41, 5.74) is 0. The van der Waals surface area contributed by atoms with Crippen molar-refractivity contribution in [2.45, 2.75) is 95.7 Å². The number of ether oxygens (including phenoxy) is 1. The number of carbonyl (C=O) groups excluding carboxylic acids is 1. The van der Waals surface area contributed by atoms with Gasteiger partial charge in [0.25, 0.3) is 0 Å². The lowest BCUT2D eigenvalue weighted by Crippen LogP contribution is -2.21. The highest BCUT2D eigenvalue weighted by molar-refractivity contribution is 5.69. The molecule has 0 heterocycles. The first-order chi connectivity index (χ1) is 12.1. The molecule has 0 spiro atoms. The summed E-state index contributed by atoms with van der Waals surface area (Å²) in [7, 11) is 0. The lowest BCUT2D eigenvalue weighted by Gasteiger charge is -2.10. The summed E-state index contributed by atoms with van der Waals surface area (Å²) < 4.78 is 4.83. The Morgan fingerprint density at radius 3 is 1.80 bits per heavy atom. The van der Waals surface area contributed by atoms with Crippen molar-refractivity contribution in [1.29, 1.82) is 0 Å². The van der Waals surface area contributed by atoms with E-state index in [-0.39, 0.29) is 25.3 Å². The molecule has 0 saturated carbocycles. The Balaban J connectivity index is 3.28. The fourth-order valence-corrected chi connectivity index (χ4v) is 2.66. The first kappa shape index (κ1) is 24.3. The van der Waals surface area contributed by atoms with Crippen LogP contribution in [0.25, 0.3) is 0 Å². The molecule has 2 atom stereocenters. The zero-order chi connectivity index (χ0) is 18.8. The Hall–Kier alpha value is -0.690. The van der Waals surface area contributed by atoms with Gasteiger partial charge < -0.3 is 25.2 Å². The summed E-state index contributed by atoms with van der Waals surface area (Å²) in [5, 5.41) is 36.2. The first-order valence-corrected chi connectivity index (χ1v) is 9.83. The Kier molecular flexibility index (Phi) is 17.6. The molecule has 0 aliphatic rings. The Labute approximate surface area is 152 Å². The molecule has 0 saturated heterocycles. The molecule has 0 aromatic carbocycles. The van der Waals surface area contributed by atoms with Gasteiger partial charge in [-0.3, -0.25) is 4.79 Å². The maximum atomic E-state index is 11.4. The average molecular weight is 363 g/mol. The minimum atomic E-state index is -0.986. The third-order valence-electron chi connectivity index (χ3n) is 4.26. The predicted octanol–water partition coefficient (Wildman–Crippen LogP) is 2.31. The van der Waals surface area contributed by atoms with E-state index >= 15 is 0 Å². The predicted molar refractivity (Wildman–Crippen MR) is 97.2 cm³/mol. The summed E-state index contributed by atoms with van der Waals surface area (Å²) in [6.45, 7) is -0.276. The lowest BCUT2D eigenvalue weighted by atomic mass is 10.0. The molecule has 0 aliphatic heterocycles. The quantitative estimate of drug-likeness (QED) is 0.220. The van der Waals surface area contributed by atoms with Crippen LogP contribution in [0.15, 0.2) is 0 Å². The second-order valence-electron chi connectivity index (χ2n) is 6.76. The number of rotatable bonds is 18. The van der Waals surface area contributed by atoms with Gasteiger partial charge in [-0.2, -0.15) is 0 Å². The Bertz CT molecular complexity index is 298. The summed E-state index contributed by atoms with van der Waals surface area (Å²) in [5.74, 6) is -0.324. The van der Waals surface area contributed by atoms with Crippen LogP contribution in [-0.2, 0) is 9.53 Å². The van der Waals surface area contributed by atoms with Gasteiger partial charge in [-0.1, -0.05) is 51.4 Å². The minimum Gasteiger partial charge on any atom is -0.463 e. The van der Waals surface area contributed by atoms with E-state index in [0.29, 0.717) is 6.42 Å². The molecule has 1 unspecified atom stereocenters. The molecule has 150 valence electrons. The lowest BCUT2D eigenvalue weighted by molar-refractivity contribution is -0.147. The van der Waals surface area contributed by atoms with Crippen LogP contribution in [0.1, 0.15) is 83.5 Å². The van der Waals surface area contributed by atoms with Gasteiger partial charge in [0.05, 0.1) is 12.7 Å². The van der Waals surface area contributed by atoms with Crippen molar-refractivity contribution in [3.63, 3.8) is 0 Å². The zero-order valence-corrected chi connectivity index (χ0v) is 15.6. The van der Waals surface area contributed by atoms with E-state index in [1.807, 2.05) is 0 Å². The highest BCUT2D eigenvalue weighted by Crippen LogP contribution is 2.13. The smallest absolute Gasteiger partial charge is 0.305 e. The second kappa shape index (κ2) is 18.1. The Morgan fingerprint density at radius 2 is 1.24 bits per heavy atom. The number of hydrogen-bond acceptors (Lipinski definition) is 6. The molecule has 0 aliphatic carbocycles. The molecule has 4 N–H and O–H groups in total. The monoisotopic (exact) mass is 362 g/mol. The molecule has 0 bridgehead atoms. The van der Waals surface area contributed by atoms with Crippen molar-refractivity contribution in [3.05, 3.63) is 0 Å². The number of hydrogen-bond donors (Lipinski definition) is 4.